The molecule has 8 nitrogen and oxygen atoms in total. The largest absolute Gasteiger partial charge is 0.545 e. The molecule has 3 aromatic rings. The first-order chi connectivity index (χ1) is 14.4. The molecule has 0 bridgehead atoms. The third kappa shape index (κ3) is 4.94. The van der Waals surface area contributed by atoms with Crippen molar-refractivity contribution in [3.8, 4) is 5.75 Å². The molecule has 0 saturated carbocycles. The lowest BCUT2D eigenvalue weighted by atomic mass is 10.1. The number of amides is 1. The molecule has 0 aliphatic rings. The van der Waals surface area contributed by atoms with Crippen LogP contribution < -0.4 is 20.1 Å². The predicted octanol–water partition coefficient (Wildman–Crippen LogP) is 1.75. The van der Waals surface area contributed by atoms with Crippen molar-refractivity contribution >= 4 is 41.0 Å². The second-order valence-corrected chi connectivity index (χ2v) is 7.38. The van der Waals surface area contributed by atoms with E-state index in [1.165, 1.54) is 30.0 Å². The number of thiazole rings is 1. The van der Waals surface area contributed by atoms with E-state index in [4.69, 9.17) is 16.3 Å². The number of hydrogen-bond donors (Lipinski definition) is 1. The Morgan fingerprint density at radius 3 is 2.63 bits per heavy atom. The van der Waals surface area contributed by atoms with E-state index in [1.54, 1.807) is 36.4 Å². The fourth-order valence-electron chi connectivity index (χ4n) is 2.55. The van der Waals surface area contributed by atoms with Crippen LogP contribution in [0.1, 0.15) is 31.2 Å². The third-order valence-corrected chi connectivity index (χ3v) is 5.49. The van der Waals surface area contributed by atoms with E-state index in [2.05, 4.69) is 10.5 Å². The molecule has 30 heavy (non-hydrogen) atoms. The van der Waals surface area contributed by atoms with Gasteiger partial charge in [0.15, 0.2) is 0 Å². The Morgan fingerprint density at radius 2 is 1.97 bits per heavy atom. The Labute approximate surface area is 180 Å². The minimum Gasteiger partial charge on any atom is -0.545 e. The molecule has 154 valence electrons. The summed E-state index contributed by atoms with van der Waals surface area (Å²) in [4.78, 5) is 35.4. The van der Waals surface area contributed by atoms with Gasteiger partial charge in [-0.3, -0.25) is 14.2 Å². The zero-order chi connectivity index (χ0) is 21.7. The molecule has 0 radical (unpaired) electrons. The van der Waals surface area contributed by atoms with Crippen LogP contribution in [0.2, 0.25) is 5.15 Å². The second kappa shape index (κ2) is 9.38. The topological polar surface area (TPSA) is 113 Å². The smallest absolute Gasteiger partial charge is 0.309 e. The molecule has 2 aromatic carbocycles. The zero-order valence-electron chi connectivity index (χ0n) is 15.6. The summed E-state index contributed by atoms with van der Waals surface area (Å²) in [7, 11) is 1.53. The number of nitrogens with one attached hydrogen (secondary N) is 1. The van der Waals surface area contributed by atoms with Crippen LogP contribution in [0.3, 0.4) is 0 Å². The van der Waals surface area contributed by atoms with Gasteiger partial charge in [0.05, 0.1) is 30.7 Å². The van der Waals surface area contributed by atoms with Crippen LogP contribution in [0.5, 0.6) is 5.75 Å². The first-order valence-corrected chi connectivity index (χ1v) is 9.75. The maximum atomic E-state index is 12.3. The highest BCUT2D eigenvalue weighted by molar-refractivity contribution is 7.11. The molecule has 1 amide bonds. The number of carbonyl (C=O) groups is 2. The molecule has 1 heterocycles. The summed E-state index contributed by atoms with van der Waals surface area (Å²) in [5.74, 6) is -1.12. The van der Waals surface area contributed by atoms with Crippen molar-refractivity contribution in [2.24, 2.45) is 5.10 Å². The summed E-state index contributed by atoms with van der Waals surface area (Å²) in [6.45, 7) is 0.0847. The van der Waals surface area contributed by atoms with Crippen LogP contribution in [0.15, 0.2) is 58.4 Å². The maximum Gasteiger partial charge on any atom is 0.309 e. The number of halogens is 1. The van der Waals surface area contributed by atoms with Crippen molar-refractivity contribution in [1.82, 2.24) is 9.99 Å². The Balaban J connectivity index is 1.72. The van der Waals surface area contributed by atoms with E-state index in [-0.39, 0.29) is 22.1 Å². The minimum absolute atomic E-state index is 0.00920. The van der Waals surface area contributed by atoms with Gasteiger partial charge in [-0.2, -0.15) is 5.10 Å². The average molecular weight is 445 g/mol. The summed E-state index contributed by atoms with van der Waals surface area (Å²) < 4.78 is 6.32. The Morgan fingerprint density at radius 1 is 1.23 bits per heavy atom. The van der Waals surface area contributed by atoms with Gasteiger partial charge >= 0.3 is 4.87 Å². The molecule has 1 aromatic heterocycles. The maximum absolute atomic E-state index is 12.3. The summed E-state index contributed by atoms with van der Waals surface area (Å²) in [5.41, 5.74) is 3.34. The standard InChI is InChI=1S/C20H16ClN3O5S/c1-29-15-7-5-13(6-8-15)18(25)23-22-10-16-17(21)24(20(28)30-16)11-12-3-2-4-14(9-12)19(26)27/h2-10H,11H2,1H3,(H,23,25)(H,26,27)/p-1/b22-10-. The molecule has 0 spiro atoms. The number of aromatic nitrogens is 1. The van der Waals surface area contributed by atoms with E-state index in [9.17, 15) is 19.5 Å². The average Bonchev–Trinajstić information content (AvgIpc) is 3.01. The lowest BCUT2D eigenvalue weighted by molar-refractivity contribution is -0.255. The van der Waals surface area contributed by atoms with E-state index in [1.807, 2.05) is 0 Å². The number of carboxylic acid groups (broad SMARTS) is 1. The van der Waals surface area contributed by atoms with Crippen molar-refractivity contribution in [3.63, 3.8) is 0 Å². The first-order valence-electron chi connectivity index (χ1n) is 8.56. The van der Waals surface area contributed by atoms with Crippen LogP contribution >= 0.6 is 22.9 Å². The van der Waals surface area contributed by atoms with Gasteiger partial charge in [-0.15, -0.1) is 0 Å². The van der Waals surface area contributed by atoms with Gasteiger partial charge in [-0.05, 0) is 41.5 Å². The number of nitrogens with zero attached hydrogens (tertiary/aromatic N) is 2. The number of rotatable bonds is 7. The molecule has 0 aliphatic heterocycles. The molecule has 3 rings (SSSR count). The van der Waals surface area contributed by atoms with Gasteiger partial charge in [0.1, 0.15) is 10.9 Å². The highest BCUT2D eigenvalue weighted by Crippen LogP contribution is 2.19. The molecule has 10 heteroatoms. The van der Waals surface area contributed by atoms with Crippen LogP contribution in [0, 0.1) is 0 Å². The van der Waals surface area contributed by atoms with E-state index in [0.717, 1.165) is 11.3 Å². The molecular formula is C20H15ClN3O5S-. The number of benzene rings is 2. The van der Waals surface area contributed by atoms with Gasteiger partial charge in [0.2, 0.25) is 0 Å². The molecule has 0 fully saturated rings. The highest BCUT2D eigenvalue weighted by atomic mass is 35.5. The van der Waals surface area contributed by atoms with Crippen LogP contribution in [0.4, 0.5) is 0 Å². The first kappa shape index (κ1) is 21.3. The molecule has 1 N–H and O–H groups in total. The van der Waals surface area contributed by atoms with Crippen molar-refractivity contribution in [3.05, 3.63) is 84.9 Å². The molecule has 0 unspecified atom stereocenters. The van der Waals surface area contributed by atoms with E-state index in [0.29, 0.717) is 21.8 Å². The Hall–Kier alpha value is -3.43. The van der Waals surface area contributed by atoms with Crippen LogP contribution in [-0.4, -0.2) is 29.8 Å². The van der Waals surface area contributed by atoms with E-state index < -0.39 is 11.9 Å². The van der Waals surface area contributed by atoms with Crippen molar-refractivity contribution in [2.45, 2.75) is 6.54 Å². The summed E-state index contributed by atoms with van der Waals surface area (Å²) in [6.07, 6.45) is 1.28. The number of carboxylic acids is 1. The SMILES string of the molecule is COc1ccc(C(=O)N/N=C\c2sc(=O)n(Cc3cccc(C(=O)[O-])c3)c2Cl)cc1. The number of hydrogen-bond acceptors (Lipinski definition) is 7. The summed E-state index contributed by atoms with van der Waals surface area (Å²) in [6, 6.07) is 12.5. The Kier molecular flexibility index (Phi) is 6.65. The molecular weight excluding hydrogens is 430 g/mol. The third-order valence-electron chi connectivity index (χ3n) is 4.06. The lowest BCUT2D eigenvalue weighted by Gasteiger charge is -2.07. The number of carbonyl (C=O) groups excluding carboxylic acids is 2. The lowest BCUT2D eigenvalue weighted by Crippen LogP contribution is -2.22. The second-order valence-electron chi connectivity index (χ2n) is 6.02. The van der Waals surface area contributed by atoms with Crippen LogP contribution in [-0.2, 0) is 6.54 Å². The van der Waals surface area contributed by atoms with Gasteiger partial charge in [0, 0.05) is 5.56 Å². The number of ether oxygens (including phenoxy) is 1. The summed E-state index contributed by atoms with van der Waals surface area (Å²) >= 11 is 7.13. The number of aromatic carboxylic acids is 1. The minimum atomic E-state index is -1.30. The van der Waals surface area contributed by atoms with Gasteiger partial charge in [-0.1, -0.05) is 41.1 Å². The van der Waals surface area contributed by atoms with Crippen LogP contribution in [0.25, 0.3) is 0 Å². The Bertz CT molecular complexity index is 1170. The quantitative estimate of drug-likeness (QED) is 0.440. The van der Waals surface area contributed by atoms with Gasteiger partial charge in [-0.25, -0.2) is 5.43 Å². The monoisotopic (exact) mass is 444 g/mol. The van der Waals surface area contributed by atoms with E-state index >= 15 is 0 Å². The predicted molar refractivity (Wildman–Crippen MR) is 112 cm³/mol. The normalized spacial score (nSPS) is 10.9. The molecule has 0 aliphatic carbocycles. The number of methoxy groups -OCH3 is 1. The molecule has 0 atom stereocenters. The molecule has 0 saturated heterocycles. The van der Waals surface area contributed by atoms with Gasteiger partial charge in [0.25, 0.3) is 5.91 Å². The summed E-state index contributed by atoms with van der Waals surface area (Å²) in [5, 5.41) is 15.0. The highest BCUT2D eigenvalue weighted by Gasteiger charge is 2.13. The fraction of sp³-hybridized carbons (Fsp3) is 0.100. The zero-order valence-corrected chi connectivity index (χ0v) is 17.2. The van der Waals surface area contributed by atoms with Crippen molar-refractivity contribution in [1.29, 1.82) is 0 Å². The number of hydrazone groups is 1. The fourth-order valence-corrected chi connectivity index (χ4v) is 3.66. The van der Waals surface area contributed by atoms with Gasteiger partial charge < -0.3 is 14.6 Å². The van der Waals surface area contributed by atoms with Crippen molar-refractivity contribution < 1.29 is 19.4 Å². The van der Waals surface area contributed by atoms with Crippen molar-refractivity contribution in [2.75, 3.05) is 7.11 Å².